The summed E-state index contributed by atoms with van der Waals surface area (Å²) in [6.07, 6.45) is 1.77. The molecule has 16 heavy (non-hydrogen) atoms. The van der Waals surface area contributed by atoms with E-state index in [1.807, 2.05) is 6.92 Å². The fraction of sp³-hybridized carbons (Fsp3) is 0.182. The van der Waals surface area contributed by atoms with Gasteiger partial charge in [0.15, 0.2) is 0 Å². The molecule has 0 saturated heterocycles. The molecule has 0 spiro atoms. The molecule has 0 unspecified atom stereocenters. The summed E-state index contributed by atoms with van der Waals surface area (Å²) in [6, 6.07) is 4.45. The van der Waals surface area contributed by atoms with Gasteiger partial charge in [-0.15, -0.1) is 0 Å². The normalized spacial score (nSPS) is 10.7. The van der Waals surface area contributed by atoms with Crippen LogP contribution in [0.3, 0.4) is 0 Å². The number of aromatic nitrogens is 2. The van der Waals surface area contributed by atoms with Crippen molar-refractivity contribution in [3.8, 4) is 0 Å². The number of nitrogen functional groups attached to an aromatic ring is 1. The number of nitrogens with two attached hydrogens (primary N) is 1. The van der Waals surface area contributed by atoms with E-state index in [0.29, 0.717) is 22.9 Å². The van der Waals surface area contributed by atoms with E-state index in [-0.39, 0.29) is 5.82 Å². The maximum absolute atomic E-state index is 13.4. The van der Waals surface area contributed by atoms with Crippen LogP contribution in [0.15, 0.2) is 24.4 Å². The number of anilines is 1. The van der Waals surface area contributed by atoms with E-state index in [1.165, 1.54) is 12.1 Å². The Bertz CT molecular complexity index is 502. The summed E-state index contributed by atoms with van der Waals surface area (Å²) >= 11 is 5.80. The fourth-order valence-electron chi connectivity index (χ4n) is 1.46. The monoisotopic (exact) mass is 239 g/mol. The summed E-state index contributed by atoms with van der Waals surface area (Å²) in [4.78, 5) is 0. The zero-order valence-electron chi connectivity index (χ0n) is 8.74. The first-order chi connectivity index (χ1) is 7.56. The minimum Gasteiger partial charge on any atom is -0.382 e. The molecule has 0 aliphatic heterocycles. The van der Waals surface area contributed by atoms with Crippen LogP contribution in [0.25, 0.3) is 0 Å². The van der Waals surface area contributed by atoms with Crippen LogP contribution in [0.5, 0.6) is 0 Å². The van der Waals surface area contributed by atoms with Crippen molar-refractivity contribution in [2.75, 3.05) is 5.73 Å². The Morgan fingerprint density at radius 3 is 2.88 bits per heavy atom. The van der Waals surface area contributed by atoms with Crippen LogP contribution in [0, 0.1) is 12.7 Å². The number of benzene rings is 1. The van der Waals surface area contributed by atoms with E-state index < -0.39 is 0 Å². The molecule has 0 fully saturated rings. The van der Waals surface area contributed by atoms with Crippen molar-refractivity contribution < 1.29 is 4.39 Å². The van der Waals surface area contributed by atoms with Gasteiger partial charge in [0, 0.05) is 22.3 Å². The summed E-state index contributed by atoms with van der Waals surface area (Å²) < 4.78 is 15.0. The van der Waals surface area contributed by atoms with Crippen molar-refractivity contribution >= 4 is 17.4 Å². The highest BCUT2D eigenvalue weighted by atomic mass is 35.5. The molecule has 1 aromatic carbocycles. The Morgan fingerprint density at radius 1 is 1.50 bits per heavy atom. The lowest BCUT2D eigenvalue weighted by atomic mass is 10.2. The summed E-state index contributed by atoms with van der Waals surface area (Å²) in [5, 5.41) is 4.57. The van der Waals surface area contributed by atoms with E-state index in [4.69, 9.17) is 17.3 Å². The molecule has 84 valence electrons. The van der Waals surface area contributed by atoms with Gasteiger partial charge in [0.2, 0.25) is 0 Å². The Labute approximate surface area is 97.6 Å². The van der Waals surface area contributed by atoms with Gasteiger partial charge in [-0.2, -0.15) is 5.10 Å². The van der Waals surface area contributed by atoms with Crippen molar-refractivity contribution in [2.24, 2.45) is 0 Å². The highest BCUT2D eigenvalue weighted by Crippen LogP contribution is 2.16. The second-order valence-electron chi connectivity index (χ2n) is 3.63. The predicted octanol–water partition coefficient (Wildman–Crippen LogP) is 2.61. The molecule has 2 N–H and O–H groups in total. The lowest BCUT2D eigenvalue weighted by molar-refractivity contribution is 0.586. The average molecular weight is 240 g/mol. The topological polar surface area (TPSA) is 43.8 Å². The van der Waals surface area contributed by atoms with Gasteiger partial charge in [0.1, 0.15) is 11.6 Å². The largest absolute Gasteiger partial charge is 0.382 e. The SMILES string of the molecule is Cc1cn(Cc2cc(Cl)ccc2F)nc1N. The number of hydrogen-bond donors (Lipinski definition) is 1. The van der Waals surface area contributed by atoms with Gasteiger partial charge >= 0.3 is 0 Å². The van der Waals surface area contributed by atoms with Crippen molar-refractivity contribution in [2.45, 2.75) is 13.5 Å². The minimum atomic E-state index is -0.295. The molecule has 0 amide bonds. The predicted molar refractivity (Wildman–Crippen MR) is 61.9 cm³/mol. The Balaban J connectivity index is 2.29. The lowest BCUT2D eigenvalue weighted by Gasteiger charge is -2.03. The van der Waals surface area contributed by atoms with E-state index >= 15 is 0 Å². The van der Waals surface area contributed by atoms with Crippen molar-refractivity contribution in [3.63, 3.8) is 0 Å². The van der Waals surface area contributed by atoms with Crippen molar-refractivity contribution in [3.05, 3.63) is 46.4 Å². The van der Waals surface area contributed by atoms with Crippen molar-refractivity contribution in [1.29, 1.82) is 0 Å². The van der Waals surface area contributed by atoms with Gasteiger partial charge in [0.05, 0.1) is 6.54 Å². The summed E-state index contributed by atoms with van der Waals surface area (Å²) in [5.74, 6) is 0.165. The number of hydrogen-bond acceptors (Lipinski definition) is 2. The summed E-state index contributed by atoms with van der Waals surface area (Å²) in [5.41, 5.74) is 6.98. The van der Waals surface area contributed by atoms with Crippen molar-refractivity contribution in [1.82, 2.24) is 9.78 Å². The molecule has 5 heteroatoms. The van der Waals surface area contributed by atoms with Gasteiger partial charge in [-0.3, -0.25) is 4.68 Å². The Kier molecular flexibility index (Phi) is 2.83. The van der Waals surface area contributed by atoms with Gasteiger partial charge in [-0.1, -0.05) is 11.6 Å². The fourth-order valence-corrected chi connectivity index (χ4v) is 1.65. The summed E-state index contributed by atoms with van der Waals surface area (Å²) in [7, 11) is 0. The molecule has 3 nitrogen and oxygen atoms in total. The van der Waals surface area contributed by atoms with E-state index in [1.54, 1.807) is 16.9 Å². The van der Waals surface area contributed by atoms with Crippen LogP contribution >= 0.6 is 11.6 Å². The number of aryl methyl sites for hydroxylation is 1. The van der Waals surface area contributed by atoms with Gasteiger partial charge in [-0.25, -0.2) is 4.39 Å². The van der Waals surface area contributed by atoms with Crippen LogP contribution in [0.4, 0.5) is 10.2 Å². The van der Waals surface area contributed by atoms with Crippen LogP contribution in [-0.2, 0) is 6.54 Å². The molecule has 0 saturated carbocycles. The molecule has 0 radical (unpaired) electrons. The van der Waals surface area contributed by atoms with Gasteiger partial charge in [0.25, 0.3) is 0 Å². The lowest BCUT2D eigenvalue weighted by Crippen LogP contribution is -2.03. The van der Waals surface area contributed by atoms with Crippen LogP contribution in [0.1, 0.15) is 11.1 Å². The molecule has 2 rings (SSSR count). The molecule has 0 bridgehead atoms. The first-order valence-electron chi connectivity index (χ1n) is 4.79. The van der Waals surface area contributed by atoms with Gasteiger partial charge < -0.3 is 5.73 Å². The van der Waals surface area contributed by atoms with Crippen LogP contribution in [-0.4, -0.2) is 9.78 Å². The van der Waals surface area contributed by atoms with Gasteiger partial charge in [-0.05, 0) is 25.1 Å². The first kappa shape index (κ1) is 11.0. The first-order valence-corrected chi connectivity index (χ1v) is 5.17. The second kappa shape index (κ2) is 4.14. The third-order valence-electron chi connectivity index (χ3n) is 2.32. The Morgan fingerprint density at radius 2 is 2.25 bits per heavy atom. The molecule has 0 atom stereocenters. The maximum Gasteiger partial charge on any atom is 0.148 e. The molecular formula is C11H11ClFN3. The molecule has 1 heterocycles. The quantitative estimate of drug-likeness (QED) is 0.876. The van der Waals surface area contributed by atoms with Crippen LogP contribution in [0.2, 0.25) is 5.02 Å². The number of rotatable bonds is 2. The third-order valence-corrected chi connectivity index (χ3v) is 2.56. The van der Waals surface area contributed by atoms with E-state index in [2.05, 4.69) is 5.10 Å². The highest BCUT2D eigenvalue weighted by molar-refractivity contribution is 6.30. The zero-order valence-corrected chi connectivity index (χ0v) is 9.50. The third kappa shape index (κ3) is 2.17. The smallest absolute Gasteiger partial charge is 0.148 e. The number of nitrogens with zero attached hydrogens (tertiary/aromatic N) is 2. The summed E-state index contributed by atoms with van der Waals surface area (Å²) in [6.45, 7) is 2.18. The Hall–Kier alpha value is -1.55. The van der Waals surface area contributed by atoms with E-state index in [0.717, 1.165) is 5.56 Å². The zero-order chi connectivity index (χ0) is 11.7. The average Bonchev–Trinajstić information content (AvgIpc) is 2.52. The second-order valence-corrected chi connectivity index (χ2v) is 4.07. The molecule has 0 aliphatic rings. The van der Waals surface area contributed by atoms with Crippen LogP contribution < -0.4 is 5.73 Å². The van der Waals surface area contributed by atoms with E-state index in [9.17, 15) is 4.39 Å². The number of halogens is 2. The standard InChI is InChI=1S/C11H11ClFN3/c1-7-5-16(15-11(7)14)6-8-4-9(12)2-3-10(8)13/h2-5H,6H2,1H3,(H2,14,15). The minimum absolute atomic E-state index is 0.295. The molecule has 2 aromatic rings. The molecule has 0 aliphatic carbocycles. The molecule has 1 aromatic heterocycles. The highest BCUT2D eigenvalue weighted by Gasteiger charge is 2.06. The molecular weight excluding hydrogens is 229 g/mol. The maximum atomic E-state index is 13.4.